The van der Waals surface area contributed by atoms with E-state index in [4.69, 9.17) is 10.5 Å². The molecule has 0 unspecified atom stereocenters. The summed E-state index contributed by atoms with van der Waals surface area (Å²) in [5.41, 5.74) is 4.60. The van der Waals surface area contributed by atoms with Crippen LogP contribution in [-0.4, -0.2) is 75.5 Å². The number of carbonyl (C=O) groups excluding carboxylic acids is 2. The quantitative estimate of drug-likeness (QED) is 0.357. The minimum atomic E-state index is -0.834. The van der Waals surface area contributed by atoms with Crippen LogP contribution in [0.2, 0.25) is 0 Å². The van der Waals surface area contributed by atoms with Crippen LogP contribution in [0.3, 0.4) is 0 Å². The SMILES string of the molecule is NCCN(CC[NH2+]c1c(F)cc(N2C[C@]3(C[C@@H]3n3ccnn3)OC2=O)cc1F)C(=O)Nc1ccon1. The third kappa shape index (κ3) is 4.57. The number of nitrogens with one attached hydrogen (secondary N) is 1. The predicted molar refractivity (Wildman–Crippen MR) is 119 cm³/mol. The van der Waals surface area contributed by atoms with Crippen LogP contribution in [0.25, 0.3) is 0 Å². The van der Waals surface area contributed by atoms with E-state index in [0.29, 0.717) is 6.42 Å². The van der Waals surface area contributed by atoms with Gasteiger partial charge in [0.2, 0.25) is 5.69 Å². The number of hydrogen-bond acceptors (Lipinski definition) is 8. The average Bonchev–Trinajstić information content (AvgIpc) is 3.30. The van der Waals surface area contributed by atoms with Crippen molar-refractivity contribution >= 4 is 29.3 Å². The lowest BCUT2D eigenvalue weighted by atomic mass is 10.2. The minimum Gasteiger partial charge on any atom is -0.438 e. The van der Waals surface area contributed by atoms with Crippen molar-refractivity contribution < 1.29 is 32.9 Å². The zero-order chi connectivity index (χ0) is 25.3. The first-order chi connectivity index (χ1) is 17.4. The fourth-order valence-electron chi connectivity index (χ4n) is 4.28. The summed E-state index contributed by atoms with van der Waals surface area (Å²) in [5, 5.41) is 15.2. The molecule has 0 bridgehead atoms. The topological polar surface area (TPSA) is 161 Å². The lowest BCUT2D eigenvalue weighted by Gasteiger charge is -2.21. The molecule has 1 spiro atoms. The number of benzene rings is 1. The molecule has 13 nitrogen and oxygen atoms in total. The van der Waals surface area contributed by atoms with Crippen molar-refractivity contribution in [2.75, 3.05) is 42.9 Å². The standard InChI is InChI=1S/C21H23F2N9O4/c22-14-9-13(31-12-21(36-20(31)34)11-16(21)32-7-4-26-29-32)10-15(23)18(14)25-3-6-30(5-2-24)19(33)27-17-1-8-35-28-17/h1,4,7-10,16,25H,2-3,5-6,11-12,24H2,(H,27,28,33)/p+1/t16-,21-/m0/s1. The number of nitrogens with two attached hydrogens (primary N) is 2. The van der Waals surface area contributed by atoms with Crippen molar-refractivity contribution in [3.8, 4) is 0 Å². The van der Waals surface area contributed by atoms with Gasteiger partial charge >= 0.3 is 12.1 Å². The Morgan fingerprint density at radius 1 is 1.33 bits per heavy atom. The smallest absolute Gasteiger partial charge is 0.415 e. The number of amides is 3. The van der Waals surface area contributed by atoms with Gasteiger partial charge in [0.1, 0.15) is 6.26 Å². The summed E-state index contributed by atoms with van der Waals surface area (Å²) in [6, 6.07) is 3.03. The highest BCUT2D eigenvalue weighted by atomic mass is 19.1. The van der Waals surface area contributed by atoms with E-state index in [0.717, 1.165) is 12.1 Å². The monoisotopic (exact) mass is 504 g/mol. The zero-order valence-corrected chi connectivity index (χ0v) is 19.0. The zero-order valence-electron chi connectivity index (χ0n) is 19.0. The second kappa shape index (κ2) is 9.50. The van der Waals surface area contributed by atoms with Gasteiger partial charge in [-0.1, -0.05) is 10.4 Å². The Kier molecular flexibility index (Phi) is 6.24. The van der Waals surface area contributed by atoms with Crippen molar-refractivity contribution in [2.24, 2.45) is 5.73 Å². The van der Waals surface area contributed by atoms with E-state index < -0.39 is 29.4 Å². The minimum absolute atomic E-state index is 0.0602. The van der Waals surface area contributed by atoms with Crippen LogP contribution in [0.15, 0.2) is 41.4 Å². The maximum Gasteiger partial charge on any atom is 0.415 e. The normalized spacial score (nSPS) is 20.6. The van der Waals surface area contributed by atoms with Crippen molar-refractivity contribution in [1.29, 1.82) is 0 Å². The number of urea groups is 1. The van der Waals surface area contributed by atoms with Gasteiger partial charge in [0.05, 0.1) is 37.6 Å². The maximum absolute atomic E-state index is 14.9. The highest BCUT2D eigenvalue weighted by Crippen LogP contribution is 2.54. The van der Waals surface area contributed by atoms with Crippen LogP contribution < -0.4 is 21.3 Å². The van der Waals surface area contributed by atoms with Gasteiger partial charge in [0.25, 0.3) is 0 Å². The van der Waals surface area contributed by atoms with E-state index in [1.165, 1.54) is 33.6 Å². The number of ether oxygens (including phenoxy) is 1. The van der Waals surface area contributed by atoms with Gasteiger partial charge in [-0.25, -0.2) is 23.1 Å². The number of quaternary nitrogens is 1. The molecular formula is C21H24F2N9O4+. The Balaban J connectivity index is 1.21. The van der Waals surface area contributed by atoms with Gasteiger partial charge in [0.15, 0.2) is 23.1 Å². The van der Waals surface area contributed by atoms with Crippen LogP contribution in [-0.2, 0) is 4.74 Å². The van der Waals surface area contributed by atoms with Crippen molar-refractivity contribution in [3.63, 3.8) is 0 Å². The molecule has 2 aromatic heterocycles. The lowest BCUT2D eigenvalue weighted by molar-refractivity contribution is -0.574. The molecule has 0 radical (unpaired) electrons. The van der Waals surface area contributed by atoms with E-state index in [9.17, 15) is 18.4 Å². The summed E-state index contributed by atoms with van der Waals surface area (Å²) in [6.07, 6.45) is 4.38. The molecule has 3 heterocycles. The largest absolute Gasteiger partial charge is 0.438 e. The number of carbonyl (C=O) groups is 2. The molecule has 2 atom stereocenters. The first-order valence-electron chi connectivity index (χ1n) is 11.2. The molecule has 1 saturated carbocycles. The second-order valence-corrected chi connectivity index (χ2v) is 8.53. The number of nitrogens with zero attached hydrogens (tertiary/aromatic N) is 6. The Labute approximate surface area is 203 Å². The fraction of sp³-hybridized carbons (Fsp3) is 0.381. The molecule has 1 saturated heterocycles. The lowest BCUT2D eigenvalue weighted by Crippen LogP contribution is -2.80. The van der Waals surface area contributed by atoms with Gasteiger partial charge in [0, 0.05) is 43.9 Å². The summed E-state index contributed by atoms with van der Waals surface area (Å²) in [5.74, 6) is -1.43. The molecule has 1 aliphatic carbocycles. The molecule has 190 valence electrons. The number of halogens is 2. The van der Waals surface area contributed by atoms with Gasteiger partial charge in [-0.05, 0) is 0 Å². The summed E-state index contributed by atoms with van der Waals surface area (Å²) in [6.45, 7) is 0.900. The molecule has 3 aromatic rings. The third-order valence-electron chi connectivity index (χ3n) is 6.17. The number of aromatic nitrogens is 4. The Bertz CT molecular complexity index is 1220. The first kappa shape index (κ1) is 23.6. The third-order valence-corrected chi connectivity index (χ3v) is 6.17. The number of anilines is 2. The Hall–Kier alpha value is -4.11. The van der Waals surface area contributed by atoms with Crippen LogP contribution >= 0.6 is 0 Å². The van der Waals surface area contributed by atoms with E-state index in [1.807, 2.05) is 0 Å². The fourth-order valence-corrected chi connectivity index (χ4v) is 4.28. The summed E-state index contributed by atoms with van der Waals surface area (Å²) in [4.78, 5) is 27.5. The van der Waals surface area contributed by atoms with Crippen LogP contribution in [0.1, 0.15) is 12.5 Å². The summed E-state index contributed by atoms with van der Waals surface area (Å²) in [7, 11) is 0. The van der Waals surface area contributed by atoms with Crippen LogP contribution in [0.4, 0.5) is 35.6 Å². The van der Waals surface area contributed by atoms with E-state index in [1.54, 1.807) is 10.9 Å². The highest BCUT2D eigenvalue weighted by molar-refractivity contribution is 5.91. The molecule has 1 aromatic carbocycles. The molecule has 1 aliphatic heterocycles. The summed E-state index contributed by atoms with van der Waals surface area (Å²) < 4.78 is 41.6. The molecule has 36 heavy (non-hydrogen) atoms. The van der Waals surface area contributed by atoms with Crippen LogP contribution in [0, 0.1) is 11.6 Å². The Morgan fingerprint density at radius 2 is 2.14 bits per heavy atom. The van der Waals surface area contributed by atoms with Gasteiger partial charge in [-0.2, -0.15) is 0 Å². The molecule has 15 heteroatoms. The van der Waals surface area contributed by atoms with Crippen molar-refractivity contribution in [2.45, 2.75) is 18.1 Å². The average molecular weight is 504 g/mol. The number of rotatable bonds is 9. The van der Waals surface area contributed by atoms with Crippen LogP contribution in [0.5, 0.6) is 0 Å². The predicted octanol–water partition coefficient (Wildman–Crippen LogP) is 0.572. The molecular weight excluding hydrogens is 480 g/mol. The van der Waals surface area contributed by atoms with Crippen molar-refractivity contribution in [3.05, 3.63) is 48.5 Å². The molecule has 3 amide bonds. The molecule has 2 aliphatic rings. The van der Waals surface area contributed by atoms with E-state index in [-0.39, 0.29) is 56.0 Å². The second-order valence-electron chi connectivity index (χ2n) is 8.53. The van der Waals surface area contributed by atoms with E-state index in [2.05, 4.69) is 25.3 Å². The van der Waals surface area contributed by atoms with E-state index >= 15 is 0 Å². The molecule has 5 rings (SSSR count). The Morgan fingerprint density at radius 3 is 2.81 bits per heavy atom. The summed E-state index contributed by atoms with van der Waals surface area (Å²) >= 11 is 0. The van der Waals surface area contributed by atoms with Crippen molar-refractivity contribution in [1.82, 2.24) is 25.1 Å². The molecule has 2 fully saturated rings. The van der Waals surface area contributed by atoms with Gasteiger partial charge in [-0.15, -0.1) is 5.10 Å². The molecule has 5 N–H and O–H groups in total. The number of hydrogen-bond donors (Lipinski definition) is 3. The maximum atomic E-state index is 14.9. The van der Waals surface area contributed by atoms with Gasteiger partial charge in [-0.3, -0.25) is 10.2 Å². The first-order valence-corrected chi connectivity index (χ1v) is 11.2. The highest BCUT2D eigenvalue weighted by Gasteiger charge is 2.65. The van der Waals surface area contributed by atoms with Gasteiger partial charge < -0.3 is 25.2 Å².